The van der Waals surface area contributed by atoms with Crippen LogP contribution in [-0.2, 0) is 11.5 Å². The fraction of sp³-hybridized carbons (Fsp3) is 0.100. The standard InChI is InChI=1S/C20H13BrClF3N2O/c21-11-13-10-12(18-17(22)2-1-9-26-18)3-8-16(13)19(28)27-15-6-4-14(5-7-15)20(23,24)25/h1-10H,11H2,(H,27,28). The van der Waals surface area contributed by atoms with Crippen molar-refractivity contribution in [3.8, 4) is 11.3 Å². The summed E-state index contributed by atoms with van der Waals surface area (Å²) in [6.45, 7) is 0. The molecule has 0 bridgehead atoms. The molecule has 0 spiro atoms. The predicted molar refractivity (Wildman–Crippen MR) is 107 cm³/mol. The molecular formula is C20H13BrClF3N2O. The van der Waals surface area contributed by atoms with Gasteiger partial charge in [0.2, 0.25) is 0 Å². The summed E-state index contributed by atoms with van der Waals surface area (Å²) >= 11 is 9.54. The Kier molecular flexibility index (Phi) is 6.05. The van der Waals surface area contributed by atoms with Gasteiger partial charge in [-0.15, -0.1) is 0 Å². The quantitative estimate of drug-likeness (QED) is 0.439. The van der Waals surface area contributed by atoms with E-state index < -0.39 is 17.6 Å². The van der Waals surface area contributed by atoms with Crippen LogP contribution in [0.25, 0.3) is 11.3 Å². The van der Waals surface area contributed by atoms with Gasteiger partial charge in [0, 0.05) is 28.3 Å². The van der Waals surface area contributed by atoms with Gasteiger partial charge in [0.25, 0.3) is 5.91 Å². The maximum atomic E-state index is 12.6. The van der Waals surface area contributed by atoms with Gasteiger partial charge in [-0.2, -0.15) is 13.2 Å². The molecule has 3 aromatic rings. The van der Waals surface area contributed by atoms with Crippen LogP contribution in [-0.4, -0.2) is 10.9 Å². The topological polar surface area (TPSA) is 42.0 Å². The van der Waals surface area contributed by atoms with Crippen molar-refractivity contribution in [1.82, 2.24) is 4.98 Å². The lowest BCUT2D eigenvalue weighted by molar-refractivity contribution is -0.137. The summed E-state index contributed by atoms with van der Waals surface area (Å²) in [6, 6.07) is 12.9. The monoisotopic (exact) mass is 468 g/mol. The van der Waals surface area contributed by atoms with E-state index in [1.807, 2.05) is 0 Å². The van der Waals surface area contributed by atoms with Crippen LogP contribution >= 0.6 is 27.5 Å². The Labute approximate surface area is 172 Å². The van der Waals surface area contributed by atoms with E-state index in [4.69, 9.17) is 11.6 Å². The molecule has 144 valence electrons. The smallest absolute Gasteiger partial charge is 0.322 e. The Hall–Kier alpha value is -2.38. The molecule has 3 rings (SSSR count). The van der Waals surface area contributed by atoms with E-state index in [2.05, 4.69) is 26.2 Å². The van der Waals surface area contributed by atoms with Crippen molar-refractivity contribution < 1.29 is 18.0 Å². The predicted octanol–water partition coefficient (Wildman–Crippen LogP) is 6.57. The molecule has 1 aromatic heterocycles. The van der Waals surface area contributed by atoms with E-state index in [1.54, 1.807) is 36.5 Å². The summed E-state index contributed by atoms with van der Waals surface area (Å²) in [5.74, 6) is -0.423. The molecule has 0 aliphatic carbocycles. The van der Waals surface area contributed by atoms with Crippen LogP contribution in [0, 0.1) is 0 Å². The van der Waals surface area contributed by atoms with E-state index in [0.717, 1.165) is 17.7 Å². The van der Waals surface area contributed by atoms with Crippen LogP contribution in [0.3, 0.4) is 0 Å². The van der Waals surface area contributed by atoms with Crippen molar-refractivity contribution in [3.05, 3.63) is 82.5 Å². The first-order valence-electron chi connectivity index (χ1n) is 8.08. The second-order valence-corrected chi connectivity index (χ2v) is 6.84. The lowest BCUT2D eigenvalue weighted by atomic mass is 10.0. The van der Waals surface area contributed by atoms with Gasteiger partial charge < -0.3 is 5.32 Å². The lowest BCUT2D eigenvalue weighted by Gasteiger charge is -2.12. The Morgan fingerprint density at radius 2 is 1.82 bits per heavy atom. The number of hydrogen-bond donors (Lipinski definition) is 1. The summed E-state index contributed by atoms with van der Waals surface area (Å²) in [4.78, 5) is 16.8. The molecule has 1 amide bonds. The summed E-state index contributed by atoms with van der Waals surface area (Å²) in [7, 11) is 0. The molecular weight excluding hydrogens is 457 g/mol. The van der Waals surface area contributed by atoms with Crippen molar-refractivity contribution in [2.45, 2.75) is 11.5 Å². The van der Waals surface area contributed by atoms with Gasteiger partial charge >= 0.3 is 6.18 Å². The molecule has 2 aromatic carbocycles. The van der Waals surface area contributed by atoms with E-state index in [9.17, 15) is 18.0 Å². The van der Waals surface area contributed by atoms with Crippen LogP contribution < -0.4 is 5.32 Å². The SMILES string of the molecule is O=C(Nc1ccc(C(F)(F)F)cc1)c1ccc(-c2ncccc2Cl)cc1CBr. The van der Waals surface area contributed by atoms with Gasteiger partial charge in [-0.25, -0.2) is 0 Å². The fourth-order valence-electron chi connectivity index (χ4n) is 2.61. The van der Waals surface area contributed by atoms with Crippen LogP contribution in [0.2, 0.25) is 5.02 Å². The number of nitrogens with zero attached hydrogens (tertiary/aromatic N) is 1. The summed E-state index contributed by atoms with van der Waals surface area (Å²) in [5, 5.41) is 3.51. The molecule has 0 radical (unpaired) electrons. The molecule has 0 unspecified atom stereocenters. The molecule has 3 nitrogen and oxygen atoms in total. The van der Waals surface area contributed by atoms with Crippen molar-refractivity contribution in [2.75, 3.05) is 5.32 Å². The van der Waals surface area contributed by atoms with Crippen LogP contribution in [0.4, 0.5) is 18.9 Å². The lowest BCUT2D eigenvalue weighted by Crippen LogP contribution is -2.14. The number of benzene rings is 2. The van der Waals surface area contributed by atoms with Gasteiger partial charge in [-0.05, 0) is 54.1 Å². The van der Waals surface area contributed by atoms with E-state index in [1.165, 1.54) is 12.1 Å². The number of amides is 1. The molecule has 0 aliphatic rings. The van der Waals surface area contributed by atoms with Crippen molar-refractivity contribution in [1.29, 1.82) is 0 Å². The fourth-order valence-corrected chi connectivity index (χ4v) is 3.31. The first-order chi connectivity index (χ1) is 13.3. The first-order valence-corrected chi connectivity index (χ1v) is 9.58. The molecule has 0 atom stereocenters. The highest BCUT2D eigenvalue weighted by Crippen LogP contribution is 2.31. The number of hydrogen-bond acceptors (Lipinski definition) is 2. The highest BCUT2D eigenvalue weighted by Gasteiger charge is 2.30. The van der Waals surface area contributed by atoms with Gasteiger partial charge in [0.15, 0.2) is 0 Å². The number of aromatic nitrogens is 1. The minimum Gasteiger partial charge on any atom is -0.322 e. The molecule has 0 saturated heterocycles. The summed E-state index contributed by atoms with van der Waals surface area (Å²) < 4.78 is 37.9. The third-order valence-corrected chi connectivity index (χ3v) is 4.90. The molecule has 0 saturated carbocycles. The van der Waals surface area contributed by atoms with Gasteiger partial charge in [0.05, 0.1) is 16.3 Å². The summed E-state index contributed by atoms with van der Waals surface area (Å²) in [5.41, 5.74) is 1.95. The number of alkyl halides is 4. The third-order valence-electron chi connectivity index (χ3n) is 4.00. The zero-order valence-corrected chi connectivity index (χ0v) is 16.6. The Balaban J connectivity index is 1.85. The number of halogens is 5. The van der Waals surface area contributed by atoms with E-state index in [0.29, 0.717) is 27.2 Å². The normalized spacial score (nSPS) is 11.3. The summed E-state index contributed by atoms with van der Waals surface area (Å²) in [6.07, 6.45) is -2.80. The first kappa shape index (κ1) is 20.4. The van der Waals surface area contributed by atoms with Crippen molar-refractivity contribution in [2.24, 2.45) is 0 Å². The number of carbonyl (C=O) groups is 1. The largest absolute Gasteiger partial charge is 0.416 e. The van der Waals surface area contributed by atoms with Crippen LogP contribution in [0.1, 0.15) is 21.5 Å². The zero-order chi connectivity index (χ0) is 20.3. The minimum atomic E-state index is -4.42. The van der Waals surface area contributed by atoms with Gasteiger partial charge in [-0.3, -0.25) is 9.78 Å². The van der Waals surface area contributed by atoms with Crippen LogP contribution in [0.5, 0.6) is 0 Å². The average molecular weight is 470 g/mol. The molecule has 28 heavy (non-hydrogen) atoms. The maximum Gasteiger partial charge on any atom is 0.416 e. The van der Waals surface area contributed by atoms with Crippen molar-refractivity contribution >= 4 is 39.1 Å². The third kappa shape index (κ3) is 4.54. The maximum absolute atomic E-state index is 12.6. The number of pyridine rings is 1. The second kappa shape index (κ2) is 8.32. The molecule has 8 heteroatoms. The Morgan fingerprint density at radius 3 is 2.43 bits per heavy atom. The van der Waals surface area contributed by atoms with E-state index >= 15 is 0 Å². The Bertz CT molecular complexity index is 1010. The van der Waals surface area contributed by atoms with Crippen molar-refractivity contribution in [3.63, 3.8) is 0 Å². The Morgan fingerprint density at radius 1 is 1.11 bits per heavy atom. The van der Waals surface area contributed by atoms with Gasteiger partial charge in [0.1, 0.15) is 0 Å². The molecule has 1 N–H and O–H groups in total. The average Bonchev–Trinajstić information content (AvgIpc) is 2.67. The number of carbonyl (C=O) groups excluding carboxylic acids is 1. The number of nitrogens with one attached hydrogen (secondary N) is 1. The second-order valence-electron chi connectivity index (χ2n) is 5.87. The number of rotatable bonds is 4. The minimum absolute atomic E-state index is 0.273. The molecule has 1 heterocycles. The highest BCUT2D eigenvalue weighted by molar-refractivity contribution is 9.08. The zero-order valence-electron chi connectivity index (χ0n) is 14.2. The number of anilines is 1. The molecule has 0 aliphatic heterocycles. The van der Waals surface area contributed by atoms with Gasteiger partial charge in [-0.1, -0.05) is 33.6 Å². The van der Waals surface area contributed by atoms with E-state index in [-0.39, 0.29) is 5.69 Å². The molecule has 0 fully saturated rings. The highest BCUT2D eigenvalue weighted by atomic mass is 79.9. The van der Waals surface area contributed by atoms with Crippen LogP contribution in [0.15, 0.2) is 60.8 Å².